The third-order valence-electron chi connectivity index (χ3n) is 3.01. The molecule has 0 unspecified atom stereocenters. The molecule has 0 aliphatic rings. The molecule has 0 saturated heterocycles. The minimum Gasteiger partial charge on any atom is -0.439 e. The van der Waals surface area contributed by atoms with Crippen molar-refractivity contribution in [2.45, 2.75) is 5.33 Å². The minimum absolute atomic E-state index is 0.325. The average Bonchev–Trinajstić information content (AvgIpc) is 2.50. The van der Waals surface area contributed by atoms with E-state index in [9.17, 15) is 4.39 Å². The number of rotatable bonds is 3. The molecule has 21 heavy (non-hydrogen) atoms. The molecule has 106 valence electrons. The summed E-state index contributed by atoms with van der Waals surface area (Å²) in [6, 6.07) is 14.4. The molecular weight excluding hydrogens is 401 g/mol. The van der Waals surface area contributed by atoms with Gasteiger partial charge in [0.2, 0.25) is 5.88 Å². The van der Waals surface area contributed by atoms with E-state index < -0.39 is 0 Å². The maximum absolute atomic E-state index is 13.3. The van der Waals surface area contributed by atoms with Gasteiger partial charge in [0.15, 0.2) is 0 Å². The number of pyridine rings is 1. The van der Waals surface area contributed by atoms with Gasteiger partial charge in [-0.05, 0) is 46.3 Å². The van der Waals surface area contributed by atoms with Gasteiger partial charge in [-0.25, -0.2) is 9.37 Å². The van der Waals surface area contributed by atoms with E-state index in [0.29, 0.717) is 21.4 Å². The van der Waals surface area contributed by atoms with E-state index in [4.69, 9.17) is 4.74 Å². The Hall–Kier alpha value is -1.46. The Bertz CT molecular complexity index is 807. The maximum atomic E-state index is 13.3. The zero-order chi connectivity index (χ0) is 14.8. The van der Waals surface area contributed by atoms with Crippen molar-refractivity contribution in [2.75, 3.05) is 0 Å². The van der Waals surface area contributed by atoms with Crippen LogP contribution < -0.4 is 4.74 Å². The molecule has 1 aromatic heterocycles. The second-order valence-corrected chi connectivity index (χ2v) is 5.87. The summed E-state index contributed by atoms with van der Waals surface area (Å²) in [4.78, 5) is 4.53. The predicted molar refractivity (Wildman–Crippen MR) is 88.5 cm³/mol. The molecule has 0 spiro atoms. The van der Waals surface area contributed by atoms with Crippen molar-refractivity contribution in [2.24, 2.45) is 0 Å². The first-order valence-electron chi connectivity index (χ1n) is 6.25. The van der Waals surface area contributed by atoms with E-state index in [-0.39, 0.29) is 5.82 Å². The van der Waals surface area contributed by atoms with E-state index in [1.54, 1.807) is 12.1 Å². The third kappa shape index (κ3) is 3.09. The van der Waals surface area contributed by atoms with Crippen LogP contribution in [0, 0.1) is 5.82 Å². The topological polar surface area (TPSA) is 22.1 Å². The lowest BCUT2D eigenvalue weighted by molar-refractivity contribution is 0.458. The summed E-state index contributed by atoms with van der Waals surface area (Å²) in [7, 11) is 0. The smallest absolute Gasteiger partial charge is 0.223 e. The molecule has 0 fully saturated rings. The van der Waals surface area contributed by atoms with Crippen molar-refractivity contribution in [3.63, 3.8) is 0 Å². The zero-order valence-electron chi connectivity index (χ0n) is 10.8. The molecule has 0 amide bonds. The molecule has 0 bridgehead atoms. The van der Waals surface area contributed by atoms with Crippen molar-refractivity contribution in [3.8, 4) is 11.6 Å². The van der Waals surface area contributed by atoms with E-state index in [0.717, 1.165) is 16.5 Å². The van der Waals surface area contributed by atoms with Crippen molar-refractivity contribution in [3.05, 3.63) is 64.4 Å². The fourth-order valence-corrected chi connectivity index (χ4v) is 2.74. The SMILES string of the molecule is Fc1ccc(Oc2nc3ccccc3cc2CBr)cc1Br. The minimum atomic E-state index is -0.325. The summed E-state index contributed by atoms with van der Waals surface area (Å²) >= 11 is 6.59. The van der Waals surface area contributed by atoms with Gasteiger partial charge in [0.25, 0.3) is 0 Å². The van der Waals surface area contributed by atoms with Crippen LogP contribution in [-0.4, -0.2) is 4.98 Å². The lowest BCUT2D eigenvalue weighted by Crippen LogP contribution is -1.94. The molecule has 0 aliphatic heterocycles. The number of nitrogens with zero attached hydrogens (tertiary/aromatic N) is 1. The number of fused-ring (bicyclic) bond motifs is 1. The highest BCUT2D eigenvalue weighted by Gasteiger charge is 2.09. The maximum Gasteiger partial charge on any atom is 0.223 e. The Morgan fingerprint density at radius 2 is 1.90 bits per heavy atom. The highest BCUT2D eigenvalue weighted by atomic mass is 79.9. The van der Waals surface area contributed by atoms with Crippen LogP contribution in [0.25, 0.3) is 10.9 Å². The summed E-state index contributed by atoms with van der Waals surface area (Å²) in [5, 5.41) is 1.68. The summed E-state index contributed by atoms with van der Waals surface area (Å²) in [6.45, 7) is 0. The number of para-hydroxylation sites is 1. The van der Waals surface area contributed by atoms with Crippen LogP contribution in [0.2, 0.25) is 0 Å². The molecule has 0 aliphatic carbocycles. The molecule has 2 aromatic carbocycles. The third-order valence-corrected chi connectivity index (χ3v) is 4.22. The first kappa shape index (κ1) is 14.5. The number of hydrogen-bond acceptors (Lipinski definition) is 2. The Kier molecular flexibility index (Phi) is 4.22. The van der Waals surface area contributed by atoms with Gasteiger partial charge < -0.3 is 4.74 Å². The Morgan fingerprint density at radius 1 is 1.10 bits per heavy atom. The van der Waals surface area contributed by atoms with Crippen LogP contribution in [0.1, 0.15) is 5.56 Å². The van der Waals surface area contributed by atoms with Crippen molar-refractivity contribution >= 4 is 42.8 Å². The summed E-state index contributed by atoms with van der Waals surface area (Å²) < 4.78 is 19.4. The van der Waals surface area contributed by atoms with Gasteiger partial charge in [0.1, 0.15) is 11.6 Å². The largest absolute Gasteiger partial charge is 0.439 e. The second kappa shape index (κ2) is 6.12. The van der Waals surface area contributed by atoms with Gasteiger partial charge in [0, 0.05) is 16.3 Å². The van der Waals surface area contributed by atoms with Crippen LogP contribution in [0.4, 0.5) is 4.39 Å². The first-order chi connectivity index (χ1) is 10.2. The van der Waals surface area contributed by atoms with Gasteiger partial charge in [-0.3, -0.25) is 0 Å². The van der Waals surface area contributed by atoms with Gasteiger partial charge >= 0.3 is 0 Å². The Morgan fingerprint density at radius 3 is 2.67 bits per heavy atom. The van der Waals surface area contributed by atoms with Crippen LogP contribution in [0.5, 0.6) is 11.6 Å². The molecule has 3 aromatic rings. The Labute approximate surface area is 138 Å². The van der Waals surface area contributed by atoms with Gasteiger partial charge in [-0.1, -0.05) is 34.1 Å². The number of benzene rings is 2. The second-order valence-electron chi connectivity index (χ2n) is 4.46. The molecule has 1 heterocycles. The number of hydrogen-bond donors (Lipinski definition) is 0. The van der Waals surface area contributed by atoms with Gasteiger partial charge in [-0.15, -0.1) is 0 Å². The first-order valence-corrected chi connectivity index (χ1v) is 8.16. The molecule has 0 atom stereocenters. The fraction of sp³-hybridized carbons (Fsp3) is 0.0625. The van der Waals surface area contributed by atoms with Crippen LogP contribution in [0.15, 0.2) is 53.0 Å². The summed E-state index contributed by atoms with van der Waals surface area (Å²) in [6.07, 6.45) is 0. The van der Waals surface area contributed by atoms with Crippen molar-refractivity contribution < 1.29 is 9.13 Å². The number of aromatic nitrogens is 1. The fourth-order valence-electron chi connectivity index (χ4n) is 1.98. The van der Waals surface area contributed by atoms with E-state index in [1.165, 1.54) is 6.07 Å². The Balaban J connectivity index is 2.04. The van der Waals surface area contributed by atoms with Gasteiger partial charge in [-0.2, -0.15) is 0 Å². The monoisotopic (exact) mass is 409 g/mol. The molecule has 3 rings (SSSR count). The van der Waals surface area contributed by atoms with E-state index in [1.807, 2.05) is 30.3 Å². The van der Waals surface area contributed by atoms with Crippen molar-refractivity contribution in [1.29, 1.82) is 0 Å². The lowest BCUT2D eigenvalue weighted by Gasteiger charge is -2.10. The molecule has 0 N–H and O–H groups in total. The molecular formula is C16H10Br2FNO. The zero-order valence-corrected chi connectivity index (χ0v) is 14.0. The van der Waals surface area contributed by atoms with Crippen molar-refractivity contribution in [1.82, 2.24) is 4.98 Å². The number of halogens is 3. The van der Waals surface area contributed by atoms with E-state index >= 15 is 0 Å². The van der Waals surface area contributed by atoms with E-state index in [2.05, 4.69) is 36.8 Å². The average molecular weight is 411 g/mol. The van der Waals surface area contributed by atoms with Crippen LogP contribution in [-0.2, 0) is 5.33 Å². The predicted octanol–water partition coefficient (Wildman–Crippen LogP) is 5.82. The molecule has 0 radical (unpaired) electrons. The highest BCUT2D eigenvalue weighted by Crippen LogP contribution is 2.30. The molecule has 5 heteroatoms. The number of alkyl halides is 1. The normalized spacial score (nSPS) is 10.8. The molecule has 2 nitrogen and oxygen atoms in total. The number of ether oxygens (including phenoxy) is 1. The highest BCUT2D eigenvalue weighted by molar-refractivity contribution is 9.10. The lowest BCUT2D eigenvalue weighted by atomic mass is 10.2. The quantitative estimate of drug-likeness (QED) is 0.507. The van der Waals surface area contributed by atoms with Gasteiger partial charge in [0.05, 0.1) is 9.99 Å². The van der Waals surface area contributed by atoms with Crippen LogP contribution >= 0.6 is 31.9 Å². The van der Waals surface area contributed by atoms with Crippen LogP contribution in [0.3, 0.4) is 0 Å². The molecule has 0 saturated carbocycles. The summed E-state index contributed by atoms with van der Waals surface area (Å²) in [5.41, 5.74) is 1.80. The standard InChI is InChI=1S/C16H10Br2FNO/c17-9-11-7-10-3-1-2-4-15(10)20-16(11)21-12-5-6-14(19)13(18)8-12/h1-8H,9H2. The summed E-state index contributed by atoms with van der Waals surface area (Å²) in [5.74, 6) is 0.729.